The van der Waals surface area contributed by atoms with Gasteiger partial charge in [0.05, 0.1) is 23.3 Å². The van der Waals surface area contributed by atoms with Crippen LogP contribution in [0.3, 0.4) is 0 Å². The number of hydrogen-bond donors (Lipinski definition) is 2. The molecule has 2 N–H and O–H groups in total. The van der Waals surface area contributed by atoms with Gasteiger partial charge in [0, 0.05) is 6.04 Å². The Morgan fingerprint density at radius 3 is 2.60 bits per heavy atom. The highest BCUT2D eigenvalue weighted by atomic mass is 32.2. The smallest absolute Gasteiger partial charge is 0.258 e. The maximum absolute atomic E-state index is 14.4. The Balaban J connectivity index is 1.84. The second kappa shape index (κ2) is 9.14. The fraction of sp³-hybridized carbons (Fsp3) is 0.409. The van der Waals surface area contributed by atoms with E-state index in [-0.39, 0.29) is 22.4 Å². The van der Waals surface area contributed by atoms with Gasteiger partial charge in [-0.25, -0.2) is 17.5 Å². The molecule has 6 nitrogen and oxygen atoms in total. The summed E-state index contributed by atoms with van der Waals surface area (Å²) in [6.45, 7) is 4.15. The average Bonchev–Trinajstić information content (AvgIpc) is 2.71. The quantitative estimate of drug-likeness (QED) is 0.714. The molecule has 2 aromatic carbocycles. The molecule has 0 heterocycles. The maximum Gasteiger partial charge on any atom is 0.258 e. The van der Waals surface area contributed by atoms with Crippen LogP contribution in [0.15, 0.2) is 47.4 Å². The number of carbonyl (C=O) groups is 1. The first-order valence-corrected chi connectivity index (χ1v) is 11.5. The van der Waals surface area contributed by atoms with Gasteiger partial charge >= 0.3 is 0 Å². The second-order valence-electron chi connectivity index (χ2n) is 7.79. The summed E-state index contributed by atoms with van der Waals surface area (Å²) in [5.41, 5.74) is 0.00893. The van der Waals surface area contributed by atoms with Crippen LogP contribution in [0, 0.1) is 17.7 Å². The van der Waals surface area contributed by atoms with Crippen molar-refractivity contribution in [2.24, 2.45) is 11.8 Å². The van der Waals surface area contributed by atoms with Crippen LogP contribution < -0.4 is 14.8 Å². The Bertz CT molecular complexity index is 1030. The molecule has 162 valence electrons. The number of sulfonamides is 1. The van der Waals surface area contributed by atoms with Gasteiger partial charge in [0.15, 0.2) is 0 Å². The molecule has 0 aromatic heterocycles. The minimum Gasteiger partial charge on any atom is -0.495 e. The van der Waals surface area contributed by atoms with Gasteiger partial charge in [-0.2, -0.15) is 0 Å². The third-order valence-electron chi connectivity index (χ3n) is 5.86. The Morgan fingerprint density at radius 2 is 1.87 bits per heavy atom. The van der Waals surface area contributed by atoms with E-state index in [1.165, 1.54) is 13.2 Å². The van der Waals surface area contributed by atoms with E-state index in [2.05, 4.69) is 17.0 Å². The zero-order chi connectivity index (χ0) is 21.9. The van der Waals surface area contributed by atoms with E-state index in [4.69, 9.17) is 4.74 Å². The minimum atomic E-state index is -3.90. The molecule has 3 atom stereocenters. The Kier molecular flexibility index (Phi) is 6.77. The van der Waals surface area contributed by atoms with Crippen molar-refractivity contribution in [3.05, 3.63) is 53.8 Å². The van der Waals surface area contributed by atoms with Crippen LogP contribution in [0.4, 0.5) is 10.1 Å². The summed E-state index contributed by atoms with van der Waals surface area (Å²) in [6.07, 6.45) is 2.78. The van der Waals surface area contributed by atoms with Crippen LogP contribution in [0.1, 0.15) is 43.5 Å². The van der Waals surface area contributed by atoms with E-state index >= 15 is 0 Å². The predicted molar refractivity (Wildman–Crippen MR) is 114 cm³/mol. The van der Waals surface area contributed by atoms with Gasteiger partial charge in [-0.3, -0.25) is 4.79 Å². The van der Waals surface area contributed by atoms with Crippen LogP contribution in [0.2, 0.25) is 0 Å². The monoisotopic (exact) mass is 434 g/mol. The van der Waals surface area contributed by atoms with Crippen LogP contribution in [0.25, 0.3) is 0 Å². The van der Waals surface area contributed by atoms with E-state index in [1.54, 1.807) is 24.3 Å². The zero-order valence-corrected chi connectivity index (χ0v) is 18.1. The van der Waals surface area contributed by atoms with E-state index in [0.717, 1.165) is 31.4 Å². The molecule has 0 bridgehead atoms. The van der Waals surface area contributed by atoms with Gasteiger partial charge in [0.2, 0.25) is 10.0 Å². The largest absolute Gasteiger partial charge is 0.495 e. The molecule has 1 fully saturated rings. The SMILES string of the molecule is COc1ccccc1NC(=O)c1cc(S(=O)(=O)N[C@H]2CCC[C@H](C)[C@H]2C)ccc1F. The highest BCUT2D eigenvalue weighted by molar-refractivity contribution is 7.89. The molecule has 0 saturated heterocycles. The molecular formula is C22H27FN2O4S. The molecule has 1 aliphatic rings. The number of carbonyl (C=O) groups excluding carboxylic acids is 1. The Labute approximate surface area is 176 Å². The summed E-state index contributed by atoms with van der Waals surface area (Å²) in [4.78, 5) is 12.5. The summed E-state index contributed by atoms with van der Waals surface area (Å²) in [6, 6.07) is 9.76. The average molecular weight is 435 g/mol. The maximum atomic E-state index is 14.4. The standard InChI is InChI=1S/C22H27FN2O4S/c1-14-7-6-9-19(15(14)2)25-30(27,28)16-11-12-18(23)17(13-16)22(26)24-20-8-4-5-10-21(20)29-3/h4-5,8,10-15,19,25H,6-7,9H2,1-3H3,(H,24,26)/t14-,15+,19-/m0/s1. The predicted octanol–water partition coefficient (Wildman–Crippen LogP) is 4.19. The molecule has 0 aliphatic heterocycles. The number of ether oxygens (including phenoxy) is 1. The third kappa shape index (κ3) is 4.82. The van der Waals surface area contributed by atoms with Gasteiger partial charge in [-0.05, 0) is 48.6 Å². The molecule has 30 heavy (non-hydrogen) atoms. The lowest BCUT2D eigenvalue weighted by Gasteiger charge is -2.34. The molecule has 3 rings (SSSR count). The first-order chi connectivity index (χ1) is 14.2. The van der Waals surface area contributed by atoms with Crippen molar-refractivity contribution in [2.75, 3.05) is 12.4 Å². The molecule has 1 amide bonds. The van der Waals surface area contributed by atoms with Crippen molar-refractivity contribution in [3.8, 4) is 5.75 Å². The summed E-state index contributed by atoms with van der Waals surface area (Å²) in [5, 5.41) is 2.57. The van der Waals surface area contributed by atoms with Crippen molar-refractivity contribution < 1.29 is 22.3 Å². The summed E-state index contributed by atoms with van der Waals surface area (Å²) in [7, 11) is -2.44. The zero-order valence-electron chi connectivity index (χ0n) is 17.3. The number of benzene rings is 2. The molecule has 0 unspecified atom stereocenters. The van der Waals surface area contributed by atoms with E-state index < -0.39 is 21.7 Å². The van der Waals surface area contributed by atoms with Crippen molar-refractivity contribution in [1.29, 1.82) is 0 Å². The molecule has 8 heteroatoms. The number of nitrogens with one attached hydrogen (secondary N) is 2. The number of anilines is 1. The lowest BCUT2D eigenvalue weighted by Crippen LogP contribution is -2.43. The molecule has 1 aliphatic carbocycles. The first kappa shape index (κ1) is 22.2. The summed E-state index contributed by atoms with van der Waals surface area (Å²) < 4.78 is 48.1. The minimum absolute atomic E-state index is 0.139. The lowest BCUT2D eigenvalue weighted by molar-refractivity contribution is 0.102. The molecule has 1 saturated carbocycles. The number of para-hydroxylation sites is 2. The highest BCUT2D eigenvalue weighted by Gasteiger charge is 2.31. The van der Waals surface area contributed by atoms with Crippen molar-refractivity contribution in [3.63, 3.8) is 0 Å². The molecule has 0 spiro atoms. The highest BCUT2D eigenvalue weighted by Crippen LogP contribution is 2.31. The Hall–Kier alpha value is -2.45. The van der Waals surface area contributed by atoms with Gasteiger partial charge in [-0.1, -0.05) is 38.8 Å². The van der Waals surface area contributed by atoms with Crippen LogP contribution in [-0.2, 0) is 10.0 Å². The van der Waals surface area contributed by atoms with Crippen molar-refractivity contribution in [2.45, 2.75) is 44.0 Å². The fourth-order valence-electron chi connectivity index (χ4n) is 3.80. The summed E-state index contributed by atoms with van der Waals surface area (Å²) >= 11 is 0. The number of rotatable bonds is 6. The van der Waals surface area contributed by atoms with Gasteiger partial charge in [0.25, 0.3) is 5.91 Å². The van der Waals surface area contributed by atoms with Crippen LogP contribution in [-0.4, -0.2) is 27.5 Å². The van der Waals surface area contributed by atoms with E-state index in [0.29, 0.717) is 17.4 Å². The Morgan fingerprint density at radius 1 is 1.13 bits per heavy atom. The number of halogens is 1. The van der Waals surface area contributed by atoms with E-state index in [9.17, 15) is 17.6 Å². The number of amides is 1. The topological polar surface area (TPSA) is 84.5 Å². The number of methoxy groups -OCH3 is 1. The van der Waals surface area contributed by atoms with Gasteiger partial charge in [0.1, 0.15) is 11.6 Å². The summed E-state index contributed by atoms with van der Waals surface area (Å²) in [5.74, 6) is -0.532. The van der Waals surface area contributed by atoms with Crippen molar-refractivity contribution >= 4 is 21.6 Å². The van der Waals surface area contributed by atoms with Gasteiger partial charge < -0.3 is 10.1 Å². The molecule has 2 aromatic rings. The fourth-order valence-corrected chi connectivity index (χ4v) is 5.19. The lowest BCUT2D eigenvalue weighted by atomic mass is 9.78. The third-order valence-corrected chi connectivity index (χ3v) is 7.35. The second-order valence-corrected chi connectivity index (χ2v) is 9.51. The molecular weight excluding hydrogens is 407 g/mol. The van der Waals surface area contributed by atoms with Crippen molar-refractivity contribution in [1.82, 2.24) is 4.72 Å². The molecule has 0 radical (unpaired) electrons. The van der Waals surface area contributed by atoms with Crippen LogP contribution in [0.5, 0.6) is 5.75 Å². The van der Waals surface area contributed by atoms with Crippen LogP contribution >= 0.6 is 0 Å². The van der Waals surface area contributed by atoms with E-state index in [1.807, 2.05) is 6.92 Å². The van der Waals surface area contributed by atoms with Gasteiger partial charge in [-0.15, -0.1) is 0 Å². The first-order valence-electron chi connectivity index (χ1n) is 9.99. The normalized spacial score (nSPS) is 21.8. The number of hydrogen-bond acceptors (Lipinski definition) is 4.